The lowest BCUT2D eigenvalue weighted by Crippen LogP contribution is -3.00. The van der Waals surface area contributed by atoms with Crippen LogP contribution in [0.15, 0.2) is 0 Å². The van der Waals surface area contributed by atoms with Crippen molar-refractivity contribution in [3.63, 3.8) is 0 Å². The van der Waals surface area contributed by atoms with Gasteiger partial charge in [-0.1, -0.05) is 0 Å². The highest BCUT2D eigenvalue weighted by Crippen LogP contribution is 2.09. The summed E-state index contributed by atoms with van der Waals surface area (Å²) in [7, 11) is 0.731. The van der Waals surface area contributed by atoms with E-state index >= 15 is 0 Å². The van der Waals surface area contributed by atoms with Gasteiger partial charge in [-0.25, -0.2) is 0 Å². The summed E-state index contributed by atoms with van der Waals surface area (Å²) in [6.45, 7) is 6.80. The molecule has 1 atom stereocenters. The topological polar surface area (TPSA) is 0 Å². The fraction of sp³-hybridized carbons (Fsp3) is 1.00. The molecule has 0 aromatic rings. The van der Waals surface area contributed by atoms with E-state index < -0.39 is 0 Å². The SMILES string of the molecule is C[PH2+]C(C)C.[I-]. The Bertz CT molecular complexity index is 21.5. The number of hydrogen-bond acceptors (Lipinski definition) is 0. The first-order valence-corrected chi connectivity index (χ1v) is 3.89. The fourth-order valence-corrected chi connectivity index (χ4v) is 0. The largest absolute Gasteiger partial charge is 1.00 e. The van der Waals surface area contributed by atoms with Gasteiger partial charge in [0.15, 0.2) is 0 Å². The summed E-state index contributed by atoms with van der Waals surface area (Å²) < 4.78 is 0. The van der Waals surface area contributed by atoms with Crippen molar-refractivity contribution in [1.82, 2.24) is 0 Å². The van der Waals surface area contributed by atoms with Crippen LogP contribution in [-0.4, -0.2) is 12.3 Å². The molecule has 0 heterocycles. The van der Waals surface area contributed by atoms with Gasteiger partial charge in [0.1, 0.15) is 0 Å². The molecule has 0 saturated carbocycles. The number of hydrogen-bond donors (Lipinski definition) is 0. The summed E-state index contributed by atoms with van der Waals surface area (Å²) in [6, 6.07) is 0. The number of rotatable bonds is 1. The highest BCUT2D eigenvalue weighted by molar-refractivity contribution is 7.37. The van der Waals surface area contributed by atoms with Crippen LogP contribution in [0.2, 0.25) is 0 Å². The van der Waals surface area contributed by atoms with E-state index in [0.29, 0.717) is 0 Å². The zero-order valence-electron chi connectivity index (χ0n) is 4.53. The van der Waals surface area contributed by atoms with Crippen molar-refractivity contribution in [2.75, 3.05) is 6.66 Å². The average molecular weight is 218 g/mol. The minimum Gasteiger partial charge on any atom is -1.00 e. The van der Waals surface area contributed by atoms with Crippen LogP contribution in [0.5, 0.6) is 0 Å². The zero-order chi connectivity index (χ0) is 4.28. The van der Waals surface area contributed by atoms with Crippen molar-refractivity contribution in [3.8, 4) is 0 Å². The Labute approximate surface area is 58.9 Å². The molecule has 0 bridgehead atoms. The van der Waals surface area contributed by atoms with Gasteiger partial charge in [0, 0.05) is 6.66 Å². The molecule has 6 heavy (non-hydrogen) atoms. The van der Waals surface area contributed by atoms with E-state index in [2.05, 4.69) is 20.5 Å². The van der Waals surface area contributed by atoms with Crippen molar-refractivity contribution in [1.29, 1.82) is 0 Å². The summed E-state index contributed by atoms with van der Waals surface area (Å²) in [5.74, 6) is 0. The van der Waals surface area contributed by atoms with Gasteiger partial charge in [-0.15, -0.1) is 0 Å². The second-order valence-corrected chi connectivity index (χ2v) is 3.58. The van der Waals surface area contributed by atoms with Crippen molar-refractivity contribution in [2.24, 2.45) is 0 Å². The molecule has 0 fully saturated rings. The highest BCUT2D eigenvalue weighted by atomic mass is 127. The predicted octanol–water partition coefficient (Wildman–Crippen LogP) is -1.56. The second-order valence-electron chi connectivity index (χ2n) is 1.58. The van der Waals surface area contributed by atoms with Gasteiger partial charge in [0.05, 0.1) is 5.66 Å². The van der Waals surface area contributed by atoms with Crippen LogP contribution in [0.3, 0.4) is 0 Å². The van der Waals surface area contributed by atoms with E-state index in [-0.39, 0.29) is 24.0 Å². The summed E-state index contributed by atoms with van der Waals surface area (Å²) >= 11 is 0. The van der Waals surface area contributed by atoms with E-state index in [1.807, 2.05) is 0 Å². The van der Waals surface area contributed by atoms with E-state index in [9.17, 15) is 0 Å². The van der Waals surface area contributed by atoms with Crippen LogP contribution in [-0.2, 0) is 0 Å². The smallest absolute Gasteiger partial charge is 0.0593 e. The Morgan fingerprint density at radius 1 is 1.33 bits per heavy atom. The lowest BCUT2D eigenvalue weighted by Gasteiger charge is -1.83. The quantitative estimate of drug-likeness (QED) is 0.369. The van der Waals surface area contributed by atoms with Crippen LogP contribution in [0, 0.1) is 0 Å². The maximum atomic E-state index is 2.28. The zero-order valence-corrected chi connectivity index (χ0v) is 7.84. The Morgan fingerprint density at radius 2 is 1.50 bits per heavy atom. The van der Waals surface area contributed by atoms with Crippen LogP contribution in [0.4, 0.5) is 0 Å². The minimum atomic E-state index is 0. The molecule has 0 nitrogen and oxygen atoms in total. The van der Waals surface area contributed by atoms with Gasteiger partial charge in [-0.2, -0.15) is 0 Å². The van der Waals surface area contributed by atoms with Gasteiger partial charge in [0.25, 0.3) is 0 Å². The maximum Gasteiger partial charge on any atom is 0.0593 e. The molecule has 0 aliphatic rings. The molecule has 0 saturated heterocycles. The van der Waals surface area contributed by atoms with Crippen molar-refractivity contribution in [3.05, 3.63) is 0 Å². The highest BCUT2D eigenvalue weighted by Gasteiger charge is 1.87. The van der Waals surface area contributed by atoms with Crippen molar-refractivity contribution < 1.29 is 24.0 Å². The van der Waals surface area contributed by atoms with Crippen LogP contribution in [0.25, 0.3) is 0 Å². The third kappa shape index (κ3) is 8.94. The lowest BCUT2D eigenvalue weighted by molar-refractivity contribution is -0.00000123. The summed E-state index contributed by atoms with van der Waals surface area (Å²) in [4.78, 5) is 0. The first kappa shape index (κ1) is 10.2. The van der Waals surface area contributed by atoms with Crippen molar-refractivity contribution >= 4 is 8.58 Å². The molecule has 1 unspecified atom stereocenters. The third-order valence-electron chi connectivity index (χ3n) is 0.667. The van der Waals surface area contributed by atoms with Gasteiger partial charge in [-0.05, 0) is 22.4 Å². The van der Waals surface area contributed by atoms with Gasteiger partial charge in [0.2, 0.25) is 0 Å². The monoisotopic (exact) mass is 218 g/mol. The second kappa shape index (κ2) is 6.16. The molecule has 40 valence electrons. The third-order valence-corrected chi connectivity index (χ3v) is 2.00. The lowest BCUT2D eigenvalue weighted by atomic mass is 10.6. The average Bonchev–Trinajstić information content (AvgIpc) is 1.38. The standard InChI is InChI=1S/C4H11P.HI/c1-4(2)5-3;/h4-5H,1-3H3;1H. The van der Waals surface area contributed by atoms with Crippen LogP contribution in [0.1, 0.15) is 13.8 Å². The normalized spacial score (nSPS) is 10.0. The number of halogens is 1. The Hall–Kier alpha value is 1.16. The minimum absolute atomic E-state index is 0. The van der Waals surface area contributed by atoms with Crippen LogP contribution < -0.4 is 24.0 Å². The Kier molecular flexibility index (Phi) is 10.5. The van der Waals surface area contributed by atoms with Crippen molar-refractivity contribution in [2.45, 2.75) is 19.5 Å². The summed E-state index contributed by atoms with van der Waals surface area (Å²) in [6.07, 6.45) is 0. The fourth-order valence-electron chi connectivity index (χ4n) is 0. The van der Waals surface area contributed by atoms with Gasteiger partial charge >= 0.3 is 0 Å². The molecule has 0 radical (unpaired) electrons. The molecule has 0 aromatic heterocycles. The van der Waals surface area contributed by atoms with Gasteiger partial charge < -0.3 is 24.0 Å². The molecule has 0 amide bonds. The molecule has 0 aliphatic heterocycles. The predicted molar refractivity (Wildman–Crippen MR) is 30.8 cm³/mol. The van der Waals surface area contributed by atoms with E-state index in [1.165, 1.54) is 0 Å². The molecular formula is C4H12IP. The first-order valence-electron chi connectivity index (χ1n) is 2.07. The molecule has 0 rings (SSSR count). The Morgan fingerprint density at radius 3 is 1.50 bits per heavy atom. The molecule has 0 aromatic carbocycles. The molecule has 2 heteroatoms. The van der Waals surface area contributed by atoms with E-state index in [1.54, 1.807) is 0 Å². The molecule has 0 spiro atoms. The Balaban J connectivity index is 0. The van der Waals surface area contributed by atoms with E-state index in [0.717, 1.165) is 14.2 Å². The molecule has 0 N–H and O–H groups in total. The van der Waals surface area contributed by atoms with Gasteiger partial charge in [-0.3, -0.25) is 0 Å². The van der Waals surface area contributed by atoms with Crippen LogP contribution >= 0.6 is 8.58 Å². The molecular weight excluding hydrogens is 206 g/mol. The first-order chi connectivity index (χ1) is 2.27. The maximum absolute atomic E-state index is 2.28. The summed E-state index contributed by atoms with van der Waals surface area (Å²) in [5.41, 5.74) is 0.968. The molecule has 0 aliphatic carbocycles. The summed E-state index contributed by atoms with van der Waals surface area (Å²) in [5, 5.41) is 0. The van der Waals surface area contributed by atoms with E-state index in [4.69, 9.17) is 0 Å².